The lowest BCUT2D eigenvalue weighted by Crippen LogP contribution is -2.44. The van der Waals surface area contributed by atoms with Gasteiger partial charge in [0.1, 0.15) is 5.82 Å². The number of halogens is 1. The molecule has 2 aliphatic rings. The molecule has 2 aliphatic heterocycles. The number of sulfonamides is 1. The van der Waals surface area contributed by atoms with Gasteiger partial charge in [-0.05, 0) is 42.3 Å². The Morgan fingerprint density at radius 1 is 1.00 bits per heavy atom. The Balaban J connectivity index is 1.51. The summed E-state index contributed by atoms with van der Waals surface area (Å²) in [5.74, 6) is -0.680. The smallest absolute Gasteiger partial charge is 0.251 e. The zero-order valence-corrected chi connectivity index (χ0v) is 20.0. The van der Waals surface area contributed by atoms with Gasteiger partial charge in [0.15, 0.2) is 0 Å². The van der Waals surface area contributed by atoms with Crippen LogP contribution in [-0.4, -0.2) is 82.7 Å². The average Bonchev–Trinajstić information content (AvgIpc) is 2.86. The van der Waals surface area contributed by atoms with E-state index in [-0.39, 0.29) is 41.3 Å². The monoisotopic (exact) mass is 491 g/mol. The molecule has 0 aliphatic carbocycles. The average molecular weight is 492 g/mol. The van der Waals surface area contributed by atoms with Gasteiger partial charge in [-0.3, -0.25) is 9.69 Å². The van der Waals surface area contributed by atoms with Gasteiger partial charge in [0, 0.05) is 38.3 Å². The number of carbonyl (C=O) groups is 1. The number of hydrogen-bond donors (Lipinski definition) is 1. The van der Waals surface area contributed by atoms with Crippen molar-refractivity contribution in [3.8, 4) is 0 Å². The first-order chi connectivity index (χ1) is 16.4. The Labute approximate surface area is 199 Å². The van der Waals surface area contributed by atoms with Gasteiger partial charge in [-0.2, -0.15) is 4.31 Å². The topological polar surface area (TPSA) is 88.2 Å². The molecular formula is C24H30FN3O5S. The maximum absolute atomic E-state index is 13.5. The van der Waals surface area contributed by atoms with Crippen LogP contribution in [0.15, 0.2) is 47.4 Å². The number of amides is 1. The van der Waals surface area contributed by atoms with Gasteiger partial charge in [0.25, 0.3) is 5.91 Å². The minimum absolute atomic E-state index is 0.130. The van der Waals surface area contributed by atoms with Crippen LogP contribution < -0.4 is 5.32 Å². The zero-order chi connectivity index (χ0) is 24.1. The number of morpholine rings is 2. The van der Waals surface area contributed by atoms with Crippen LogP contribution >= 0.6 is 0 Å². The third-order valence-electron chi connectivity index (χ3n) is 6.24. The van der Waals surface area contributed by atoms with Gasteiger partial charge < -0.3 is 14.8 Å². The molecule has 34 heavy (non-hydrogen) atoms. The van der Waals surface area contributed by atoms with Crippen LogP contribution in [0, 0.1) is 12.7 Å². The van der Waals surface area contributed by atoms with E-state index in [4.69, 9.17) is 9.47 Å². The Morgan fingerprint density at radius 3 is 2.26 bits per heavy atom. The Kier molecular flexibility index (Phi) is 7.95. The number of aryl methyl sites for hydroxylation is 1. The first-order valence-electron chi connectivity index (χ1n) is 11.4. The summed E-state index contributed by atoms with van der Waals surface area (Å²) in [6.07, 6.45) is 0. The molecule has 10 heteroatoms. The van der Waals surface area contributed by atoms with E-state index in [2.05, 4.69) is 10.2 Å². The molecule has 1 N–H and O–H groups in total. The van der Waals surface area contributed by atoms with Crippen molar-refractivity contribution >= 4 is 15.9 Å². The van der Waals surface area contributed by atoms with Gasteiger partial charge in [-0.15, -0.1) is 0 Å². The summed E-state index contributed by atoms with van der Waals surface area (Å²) in [4.78, 5) is 15.4. The highest BCUT2D eigenvalue weighted by atomic mass is 32.2. The lowest BCUT2D eigenvalue weighted by molar-refractivity contribution is 0.0162. The highest BCUT2D eigenvalue weighted by Crippen LogP contribution is 2.24. The number of nitrogens with one attached hydrogen (secondary N) is 1. The standard InChI is InChI=1S/C24H30FN3O5S/c1-18-2-3-20(16-23(18)34(30,31)28-10-14-33-15-11-28)24(29)26-17-22(27-8-12-32-13-9-27)19-4-6-21(25)7-5-19/h2-7,16,22H,8-15,17H2,1H3,(H,26,29)/t22-/m0/s1. The van der Waals surface area contributed by atoms with Crippen LogP contribution in [0.2, 0.25) is 0 Å². The molecule has 184 valence electrons. The molecule has 0 saturated carbocycles. The van der Waals surface area contributed by atoms with Crippen LogP contribution in [0.25, 0.3) is 0 Å². The molecule has 0 unspecified atom stereocenters. The first-order valence-corrected chi connectivity index (χ1v) is 12.8. The van der Waals surface area contributed by atoms with Crippen LogP contribution in [0.4, 0.5) is 4.39 Å². The van der Waals surface area contributed by atoms with E-state index < -0.39 is 10.0 Å². The fourth-order valence-electron chi connectivity index (χ4n) is 4.27. The highest BCUT2D eigenvalue weighted by molar-refractivity contribution is 7.89. The SMILES string of the molecule is Cc1ccc(C(=O)NC[C@@H](c2ccc(F)cc2)N2CCOCC2)cc1S(=O)(=O)N1CCOCC1. The number of carbonyl (C=O) groups excluding carboxylic acids is 1. The quantitative estimate of drug-likeness (QED) is 0.637. The minimum Gasteiger partial charge on any atom is -0.379 e. The van der Waals surface area contributed by atoms with Gasteiger partial charge in [0.05, 0.1) is 37.4 Å². The van der Waals surface area contributed by atoms with E-state index in [1.54, 1.807) is 31.2 Å². The van der Waals surface area contributed by atoms with Crippen molar-refractivity contribution in [2.75, 3.05) is 59.2 Å². The number of rotatable bonds is 7. The second-order valence-electron chi connectivity index (χ2n) is 8.42. The predicted octanol–water partition coefficient (Wildman–Crippen LogP) is 1.96. The molecule has 2 fully saturated rings. The van der Waals surface area contributed by atoms with Gasteiger partial charge in [0.2, 0.25) is 10.0 Å². The van der Waals surface area contributed by atoms with Crippen molar-refractivity contribution in [2.45, 2.75) is 17.9 Å². The normalized spacial score (nSPS) is 19.0. The van der Waals surface area contributed by atoms with E-state index >= 15 is 0 Å². The number of benzene rings is 2. The van der Waals surface area contributed by atoms with Crippen LogP contribution in [0.5, 0.6) is 0 Å². The highest BCUT2D eigenvalue weighted by Gasteiger charge is 2.29. The van der Waals surface area contributed by atoms with Gasteiger partial charge in [-0.1, -0.05) is 18.2 Å². The third-order valence-corrected chi connectivity index (χ3v) is 8.28. The van der Waals surface area contributed by atoms with Crippen LogP contribution in [0.1, 0.15) is 27.5 Å². The van der Waals surface area contributed by atoms with Crippen molar-refractivity contribution < 1.29 is 27.1 Å². The molecule has 0 radical (unpaired) electrons. The predicted molar refractivity (Wildman–Crippen MR) is 125 cm³/mol. The lowest BCUT2D eigenvalue weighted by Gasteiger charge is -2.35. The number of hydrogen-bond acceptors (Lipinski definition) is 6. The van der Waals surface area contributed by atoms with Gasteiger partial charge in [-0.25, -0.2) is 12.8 Å². The Hall–Kier alpha value is -2.37. The van der Waals surface area contributed by atoms with Crippen molar-refractivity contribution in [3.63, 3.8) is 0 Å². The van der Waals surface area contributed by atoms with E-state index in [1.165, 1.54) is 22.5 Å². The number of ether oxygens (including phenoxy) is 2. The lowest BCUT2D eigenvalue weighted by atomic mass is 10.0. The largest absolute Gasteiger partial charge is 0.379 e. The molecule has 2 saturated heterocycles. The van der Waals surface area contributed by atoms with Crippen molar-refractivity contribution in [3.05, 3.63) is 65.0 Å². The molecule has 0 bridgehead atoms. The molecule has 2 aromatic rings. The molecule has 1 atom stereocenters. The fraction of sp³-hybridized carbons (Fsp3) is 0.458. The third kappa shape index (κ3) is 5.64. The van der Waals surface area contributed by atoms with Gasteiger partial charge >= 0.3 is 0 Å². The fourth-order valence-corrected chi connectivity index (χ4v) is 5.93. The molecule has 4 rings (SSSR count). The summed E-state index contributed by atoms with van der Waals surface area (Å²) in [6.45, 7) is 5.87. The summed E-state index contributed by atoms with van der Waals surface area (Å²) >= 11 is 0. The van der Waals surface area contributed by atoms with Crippen LogP contribution in [0.3, 0.4) is 0 Å². The Bertz CT molecular complexity index is 1100. The summed E-state index contributed by atoms with van der Waals surface area (Å²) < 4.78 is 51.9. The van der Waals surface area contributed by atoms with Crippen LogP contribution in [-0.2, 0) is 19.5 Å². The van der Waals surface area contributed by atoms with E-state index in [0.717, 1.165) is 5.56 Å². The van der Waals surface area contributed by atoms with Crippen molar-refractivity contribution in [1.82, 2.24) is 14.5 Å². The molecule has 0 spiro atoms. The maximum Gasteiger partial charge on any atom is 0.251 e. The second-order valence-corrected chi connectivity index (χ2v) is 10.3. The molecule has 2 heterocycles. The van der Waals surface area contributed by atoms with E-state index in [0.29, 0.717) is 51.6 Å². The molecule has 1 amide bonds. The van der Waals surface area contributed by atoms with E-state index in [9.17, 15) is 17.6 Å². The minimum atomic E-state index is -3.73. The first kappa shape index (κ1) is 24.7. The summed E-state index contributed by atoms with van der Waals surface area (Å²) in [6, 6.07) is 10.8. The molecule has 8 nitrogen and oxygen atoms in total. The summed E-state index contributed by atoms with van der Waals surface area (Å²) in [5.41, 5.74) is 1.75. The van der Waals surface area contributed by atoms with Crippen molar-refractivity contribution in [1.29, 1.82) is 0 Å². The Morgan fingerprint density at radius 2 is 1.62 bits per heavy atom. The summed E-state index contributed by atoms with van der Waals surface area (Å²) in [7, 11) is -3.73. The zero-order valence-electron chi connectivity index (χ0n) is 19.2. The van der Waals surface area contributed by atoms with Crippen molar-refractivity contribution in [2.24, 2.45) is 0 Å². The molecular weight excluding hydrogens is 461 g/mol. The number of nitrogens with zero attached hydrogens (tertiary/aromatic N) is 2. The maximum atomic E-state index is 13.5. The summed E-state index contributed by atoms with van der Waals surface area (Å²) in [5, 5.41) is 2.94. The second kappa shape index (κ2) is 10.9. The molecule has 2 aromatic carbocycles. The molecule has 0 aromatic heterocycles. The van der Waals surface area contributed by atoms with E-state index in [1.807, 2.05) is 0 Å².